The number of aromatic amines is 1. The van der Waals surface area contributed by atoms with Crippen molar-refractivity contribution in [2.75, 3.05) is 36.4 Å². The maximum absolute atomic E-state index is 13.7. The summed E-state index contributed by atoms with van der Waals surface area (Å²) in [6, 6.07) is 9.49. The summed E-state index contributed by atoms with van der Waals surface area (Å²) in [7, 11) is 1.62. The third-order valence-corrected chi connectivity index (χ3v) is 5.50. The molecular formula is C20H19ClFN5O3. The monoisotopic (exact) mass is 431 g/mol. The van der Waals surface area contributed by atoms with Crippen molar-refractivity contribution in [1.82, 2.24) is 14.5 Å². The summed E-state index contributed by atoms with van der Waals surface area (Å²) in [6.07, 6.45) is 0. The summed E-state index contributed by atoms with van der Waals surface area (Å²) in [5.41, 5.74) is 2.10. The molecule has 30 heavy (non-hydrogen) atoms. The van der Waals surface area contributed by atoms with Crippen LogP contribution >= 0.6 is 11.6 Å². The van der Waals surface area contributed by atoms with E-state index in [1.165, 1.54) is 21.6 Å². The highest BCUT2D eigenvalue weighted by Gasteiger charge is 2.26. The molecule has 2 amide bonds. The molecule has 1 fully saturated rings. The maximum Gasteiger partial charge on any atom is 0.326 e. The van der Waals surface area contributed by atoms with Gasteiger partial charge in [0.2, 0.25) is 0 Å². The Morgan fingerprint density at radius 1 is 1.10 bits per heavy atom. The number of hydrogen-bond donors (Lipinski definition) is 2. The van der Waals surface area contributed by atoms with Gasteiger partial charge in [-0.1, -0.05) is 11.6 Å². The van der Waals surface area contributed by atoms with Gasteiger partial charge in [0.1, 0.15) is 5.82 Å². The number of anilines is 2. The molecule has 10 heteroatoms. The number of nitrogens with one attached hydrogen (secondary N) is 2. The number of hydrogen-bond acceptors (Lipinski definition) is 4. The highest BCUT2D eigenvalue weighted by atomic mass is 35.5. The zero-order valence-corrected chi connectivity index (χ0v) is 16.9. The Kier molecular flexibility index (Phi) is 5.21. The van der Waals surface area contributed by atoms with E-state index in [0.29, 0.717) is 48.6 Å². The van der Waals surface area contributed by atoms with E-state index >= 15 is 0 Å². The first kappa shape index (κ1) is 20.0. The lowest BCUT2D eigenvalue weighted by Crippen LogP contribution is -2.51. The number of carbonyl (C=O) groups is 2. The van der Waals surface area contributed by atoms with Gasteiger partial charge in [-0.3, -0.25) is 14.2 Å². The van der Waals surface area contributed by atoms with Crippen LogP contribution in [0, 0.1) is 5.82 Å². The molecule has 3 aromatic rings. The van der Waals surface area contributed by atoms with E-state index in [1.54, 1.807) is 31.3 Å². The van der Waals surface area contributed by atoms with Crippen molar-refractivity contribution in [2.45, 2.75) is 0 Å². The smallest absolute Gasteiger partial charge is 0.326 e. The SMILES string of the molecule is Cn1c(=O)[nH]c2ccc(NC(=O)C(=O)N3CCN(c4ccc(Cl)c(F)c4)CC3)cc21. The summed E-state index contributed by atoms with van der Waals surface area (Å²) in [4.78, 5) is 42.7. The fourth-order valence-corrected chi connectivity index (χ4v) is 3.60. The highest BCUT2D eigenvalue weighted by molar-refractivity contribution is 6.39. The first-order chi connectivity index (χ1) is 14.3. The number of amides is 2. The topological polar surface area (TPSA) is 90.4 Å². The van der Waals surface area contributed by atoms with Crippen molar-refractivity contribution in [3.05, 3.63) is 57.7 Å². The molecular weight excluding hydrogens is 413 g/mol. The second-order valence-corrected chi connectivity index (χ2v) is 7.46. The van der Waals surface area contributed by atoms with Crippen LogP contribution in [0.1, 0.15) is 0 Å². The van der Waals surface area contributed by atoms with Gasteiger partial charge in [0.15, 0.2) is 0 Å². The van der Waals surface area contributed by atoms with Gasteiger partial charge in [-0.05, 0) is 36.4 Å². The van der Waals surface area contributed by atoms with Gasteiger partial charge in [-0.25, -0.2) is 9.18 Å². The maximum atomic E-state index is 13.7. The molecule has 2 N–H and O–H groups in total. The van der Waals surface area contributed by atoms with Crippen LogP contribution < -0.4 is 15.9 Å². The molecule has 2 aromatic carbocycles. The summed E-state index contributed by atoms with van der Waals surface area (Å²) < 4.78 is 15.1. The van der Waals surface area contributed by atoms with Crippen LogP contribution in [-0.2, 0) is 16.6 Å². The van der Waals surface area contributed by atoms with Crippen molar-refractivity contribution in [3.63, 3.8) is 0 Å². The number of rotatable bonds is 2. The Morgan fingerprint density at radius 3 is 2.53 bits per heavy atom. The second kappa shape index (κ2) is 7.83. The Morgan fingerprint density at radius 2 is 1.83 bits per heavy atom. The van der Waals surface area contributed by atoms with Crippen molar-refractivity contribution >= 4 is 45.8 Å². The number of H-pyrrole nitrogens is 1. The minimum absolute atomic E-state index is 0.0575. The molecule has 1 aromatic heterocycles. The third-order valence-electron chi connectivity index (χ3n) is 5.19. The first-order valence-corrected chi connectivity index (χ1v) is 9.70. The largest absolute Gasteiger partial charge is 0.368 e. The van der Waals surface area contributed by atoms with Crippen LogP contribution in [0.5, 0.6) is 0 Å². The average Bonchev–Trinajstić information content (AvgIpc) is 3.03. The van der Waals surface area contributed by atoms with E-state index in [9.17, 15) is 18.8 Å². The standard InChI is InChI=1S/C20H19ClFN5O3/c1-25-17-10-12(2-5-16(17)24-20(25)30)23-18(28)19(29)27-8-6-26(7-9-27)13-3-4-14(21)15(22)11-13/h2-5,10-11H,6-9H2,1H3,(H,23,28)(H,24,30). The fourth-order valence-electron chi connectivity index (χ4n) is 3.48. The van der Waals surface area contributed by atoms with Gasteiger partial charge >= 0.3 is 17.5 Å². The number of piperazine rings is 1. The van der Waals surface area contributed by atoms with E-state index in [-0.39, 0.29) is 10.7 Å². The minimum atomic E-state index is -0.749. The quantitative estimate of drug-likeness (QED) is 0.607. The Hall–Kier alpha value is -3.33. The lowest BCUT2D eigenvalue weighted by molar-refractivity contribution is -0.143. The predicted octanol–water partition coefficient (Wildman–Crippen LogP) is 1.95. The number of halogens is 2. The van der Waals surface area contributed by atoms with Gasteiger partial charge < -0.3 is 20.1 Å². The molecule has 4 rings (SSSR count). The van der Waals surface area contributed by atoms with Crippen LogP contribution in [0.2, 0.25) is 5.02 Å². The molecule has 0 unspecified atom stereocenters. The van der Waals surface area contributed by atoms with Crippen molar-refractivity contribution < 1.29 is 14.0 Å². The third kappa shape index (κ3) is 3.76. The number of aryl methyl sites for hydroxylation is 1. The van der Waals surface area contributed by atoms with Gasteiger partial charge in [-0.15, -0.1) is 0 Å². The van der Waals surface area contributed by atoms with Crippen LogP contribution in [0.25, 0.3) is 11.0 Å². The normalized spacial score (nSPS) is 14.2. The van der Waals surface area contributed by atoms with Crippen molar-refractivity contribution in [2.24, 2.45) is 7.05 Å². The van der Waals surface area contributed by atoms with Gasteiger partial charge in [-0.2, -0.15) is 0 Å². The number of carbonyl (C=O) groups excluding carboxylic acids is 2. The first-order valence-electron chi connectivity index (χ1n) is 9.32. The van der Waals surface area contributed by atoms with E-state index in [0.717, 1.165) is 0 Å². The number of imidazole rings is 1. The molecule has 0 aliphatic carbocycles. The zero-order chi connectivity index (χ0) is 21.4. The molecule has 0 radical (unpaired) electrons. The second-order valence-electron chi connectivity index (χ2n) is 7.05. The summed E-state index contributed by atoms with van der Waals surface area (Å²) in [6.45, 7) is 1.61. The van der Waals surface area contributed by atoms with Crippen molar-refractivity contribution in [3.8, 4) is 0 Å². The minimum Gasteiger partial charge on any atom is -0.368 e. The highest BCUT2D eigenvalue weighted by Crippen LogP contribution is 2.23. The van der Waals surface area contributed by atoms with Gasteiger partial charge in [0, 0.05) is 44.6 Å². The number of aromatic nitrogens is 2. The molecule has 8 nitrogen and oxygen atoms in total. The Bertz CT molecular complexity index is 1200. The summed E-state index contributed by atoms with van der Waals surface area (Å²) in [5, 5.41) is 2.64. The molecule has 2 heterocycles. The zero-order valence-electron chi connectivity index (χ0n) is 16.1. The molecule has 1 aliphatic heterocycles. The van der Waals surface area contributed by atoms with Crippen LogP contribution in [0.15, 0.2) is 41.2 Å². The Labute approximate surface area is 175 Å². The number of nitrogens with zero attached hydrogens (tertiary/aromatic N) is 3. The predicted molar refractivity (Wildman–Crippen MR) is 112 cm³/mol. The van der Waals surface area contributed by atoms with E-state index < -0.39 is 17.6 Å². The Balaban J connectivity index is 1.39. The molecule has 0 bridgehead atoms. The molecule has 156 valence electrons. The van der Waals surface area contributed by atoms with E-state index in [4.69, 9.17) is 11.6 Å². The number of fused-ring (bicyclic) bond motifs is 1. The molecule has 0 spiro atoms. The summed E-state index contributed by atoms with van der Waals surface area (Å²) >= 11 is 5.72. The average molecular weight is 432 g/mol. The van der Waals surface area contributed by atoms with Crippen LogP contribution in [0.3, 0.4) is 0 Å². The van der Waals surface area contributed by atoms with Crippen LogP contribution in [-0.4, -0.2) is 52.4 Å². The molecule has 1 saturated heterocycles. The van der Waals surface area contributed by atoms with Crippen molar-refractivity contribution in [1.29, 1.82) is 0 Å². The molecule has 0 saturated carbocycles. The van der Waals surface area contributed by atoms with Gasteiger partial charge in [0.25, 0.3) is 0 Å². The lowest BCUT2D eigenvalue weighted by Gasteiger charge is -2.35. The van der Waals surface area contributed by atoms with Crippen LogP contribution in [0.4, 0.5) is 15.8 Å². The fraction of sp³-hybridized carbons (Fsp3) is 0.250. The van der Waals surface area contributed by atoms with Gasteiger partial charge in [0.05, 0.1) is 16.1 Å². The molecule has 1 aliphatic rings. The van der Waals surface area contributed by atoms with E-state index in [1.807, 2.05) is 4.90 Å². The number of benzene rings is 2. The lowest BCUT2D eigenvalue weighted by atomic mass is 10.2. The van der Waals surface area contributed by atoms with E-state index in [2.05, 4.69) is 10.3 Å². The molecule has 0 atom stereocenters. The summed E-state index contributed by atoms with van der Waals surface area (Å²) in [5.74, 6) is -1.88.